The van der Waals surface area contributed by atoms with Crippen LogP contribution in [0.15, 0.2) is 0 Å². The number of carbonyl (C=O) groups is 6. The van der Waals surface area contributed by atoms with E-state index in [-0.39, 0.29) is 0 Å². The first-order valence-electron chi connectivity index (χ1n) is 3.20. The summed E-state index contributed by atoms with van der Waals surface area (Å²) in [6, 6.07) is 0. The molecule has 12 nitrogen and oxygen atoms in total. The summed E-state index contributed by atoms with van der Waals surface area (Å²) in [6.07, 6.45) is 0. The number of hydrogen-bond donors (Lipinski definition) is 0. The van der Waals surface area contributed by atoms with Crippen molar-refractivity contribution in [2.45, 2.75) is 0 Å². The molecule has 0 heterocycles. The Kier molecular flexibility index (Phi) is 11.6. The molecule has 0 spiro atoms. The fraction of sp³-hybridized carbons (Fsp3) is 0. The normalized spacial score (nSPS) is 7.33. The number of aliphatic carboxylic acids is 6. The molecule has 0 amide bonds. The van der Waals surface area contributed by atoms with Crippen LogP contribution >= 0.6 is 0 Å². The van der Waals surface area contributed by atoms with Gasteiger partial charge in [0.2, 0.25) is 0 Å². The van der Waals surface area contributed by atoms with Gasteiger partial charge in [-0.1, -0.05) is 0 Å². The first kappa shape index (κ1) is 20.3. The molecule has 0 unspecified atom stereocenters. The number of carboxylic acid groups (broad SMARTS) is 6. The zero-order chi connectivity index (χ0) is 15.5. The van der Waals surface area contributed by atoms with Crippen molar-refractivity contribution in [2.75, 3.05) is 0 Å². The molecule has 0 atom stereocenters. The second-order valence-electron chi connectivity index (χ2n) is 1.72. The van der Waals surface area contributed by atoms with Gasteiger partial charge in [0, 0.05) is 0 Å². The van der Waals surface area contributed by atoms with E-state index >= 15 is 0 Å². The van der Waals surface area contributed by atoms with Crippen molar-refractivity contribution in [3.05, 3.63) is 0 Å². The van der Waals surface area contributed by atoms with E-state index in [1.807, 2.05) is 0 Å². The maximum atomic E-state index is 8.93. The molecule has 18 heavy (non-hydrogen) atoms. The molecule has 0 saturated heterocycles. The van der Waals surface area contributed by atoms with Crippen molar-refractivity contribution < 1.29 is 59.4 Å². The molecule has 0 saturated carbocycles. The van der Waals surface area contributed by atoms with Crippen LogP contribution in [0.5, 0.6) is 0 Å². The molecular formula is C6O12-6. The van der Waals surface area contributed by atoms with Crippen LogP contribution in [0, 0.1) is 0 Å². The van der Waals surface area contributed by atoms with Crippen LogP contribution in [-0.2, 0) is 28.8 Å². The minimum atomic E-state index is -2.19. The molecular weight excluding hydrogens is 264 g/mol. The SMILES string of the molecule is O=C([O-])C(=O)[O-].O=C([O-])C(=O)[O-].O=C([O-])C(=O)[O-]. The molecule has 0 aliphatic carbocycles. The van der Waals surface area contributed by atoms with Crippen molar-refractivity contribution in [1.82, 2.24) is 0 Å². The third kappa shape index (κ3) is 23.0. The van der Waals surface area contributed by atoms with Gasteiger partial charge in [-0.2, -0.15) is 0 Å². The lowest BCUT2D eigenvalue weighted by molar-refractivity contribution is -0.345. The highest BCUT2D eigenvalue weighted by Gasteiger charge is 1.75. The Labute approximate surface area is 96.3 Å². The van der Waals surface area contributed by atoms with Gasteiger partial charge in [-0.3, -0.25) is 0 Å². The highest BCUT2D eigenvalue weighted by Crippen LogP contribution is 1.42. The summed E-state index contributed by atoms with van der Waals surface area (Å²) in [5, 5.41) is 53.6. The van der Waals surface area contributed by atoms with Crippen molar-refractivity contribution in [3.8, 4) is 0 Å². The van der Waals surface area contributed by atoms with Crippen LogP contribution in [0.1, 0.15) is 0 Å². The van der Waals surface area contributed by atoms with E-state index in [0.717, 1.165) is 0 Å². The van der Waals surface area contributed by atoms with Gasteiger partial charge in [-0.05, 0) is 0 Å². The van der Waals surface area contributed by atoms with Gasteiger partial charge in [0.05, 0.1) is 35.8 Å². The maximum Gasteiger partial charge on any atom is 0.0870 e. The van der Waals surface area contributed by atoms with Gasteiger partial charge in [0.25, 0.3) is 0 Å². The molecule has 0 aliphatic heterocycles. The molecule has 102 valence electrons. The molecule has 12 heteroatoms. The minimum Gasteiger partial charge on any atom is -0.543 e. The predicted molar refractivity (Wildman–Crippen MR) is 30.0 cm³/mol. The average molecular weight is 264 g/mol. The highest BCUT2D eigenvalue weighted by molar-refractivity contribution is 6.25. The molecule has 0 fully saturated rings. The van der Waals surface area contributed by atoms with Crippen molar-refractivity contribution in [1.29, 1.82) is 0 Å². The predicted octanol–water partition coefficient (Wildman–Crippen LogP) is -10.5. The summed E-state index contributed by atoms with van der Waals surface area (Å²) in [5.41, 5.74) is 0. The van der Waals surface area contributed by atoms with E-state index < -0.39 is 35.8 Å². The van der Waals surface area contributed by atoms with E-state index in [1.54, 1.807) is 0 Å². The van der Waals surface area contributed by atoms with Crippen LogP contribution in [0.4, 0.5) is 0 Å². The largest absolute Gasteiger partial charge is 0.543 e. The fourth-order valence-electron chi connectivity index (χ4n) is 0. The quantitative estimate of drug-likeness (QED) is 0.370. The van der Waals surface area contributed by atoms with Crippen molar-refractivity contribution in [2.24, 2.45) is 0 Å². The monoisotopic (exact) mass is 264 g/mol. The first-order valence-corrected chi connectivity index (χ1v) is 3.20. The first-order chi connectivity index (χ1) is 7.93. The summed E-state index contributed by atoms with van der Waals surface area (Å²) in [5.74, 6) is -13.1. The van der Waals surface area contributed by atoms with E-state index in [2.05, 4.69) is 0 Å². The third-order valence-corrected chi connectivity index (χ3v) is 0.500. The molecule has 0 radical (unpaired) electrons. The summed E-state index contributed by atoms with van der Waals surface area (Å²) in [7, 11) is 0. The zero-order valence-corrected chi connectivity index (χ0v) is 7.90. The average Bonchev–Trinajstić information content (AvgIpc) is 2.18. The number of carbonyl (C=O) groups excluding carboxylic acids is 6. The standard InChI is InChI=1S/3C2H2O4/c3*3-1(4)2(5)6/h3*(H,3,4)(H,5,6)/p-6. The molecule has 0 aromatic carbocycles. The van der Waals surface area contributed by atoms with Gasteiger partial charge >= 0.3 is 0 Å². The van der Waals surface area contributed by atoms with Crippen LogP contribution in [-0.4, -0.2) is 35.8 Å². The van der Waals surface area contributed by atoms with Crippen molar-refractivity contribution >= 4 is 35.8 Å². The van der Waals surface area contributed by atoms with E-state index in [9.17, 15) is 0 Å². The Hall–Kier alpha value is -3.18. The summed E-state index contributed by atoms with van der Waals surface area (Å²) in [4.78, 5) is 53.6. The molecule has 0 aromatic heterocycles. The Morgan fingerprint density at radius 2 is 0.389 bits per heavy atom. The Bertz CT molecular complexity index is 272. The lowest BCUT2D eigenvalue weighted by Gasteiger charge is -1.97. The number of hydrogen-bond acceptors (Lipinski definition) is 12. The second kappa shape index (κ2) is 10.3. The highest BCUT2D eigenvalue weighted by atomic mass is 16.5. The Morgan fingerprint density at radius 3 is 0.389 bits per heavy atom. The van der Waals surface area contributed by atoms with Crippen molar-refractivity contribution in [3.63, 3.8) is 0 Å². The maximum absolute atomic E-state index is 8.93. The smallest absolute Gasteiger partial charge is 0.0870 e. The lowest BCUT2D eigenvalue weighted by atomic mass is 10.7. The topological polar surface area (TPSA) is 241 Å². The van der Waals surface area contributed by atoms with Gasteiger partial charge in [-0.25, -0.2) is 0 Å². The molecule has 0 rings (SSSR count). The molecule has 0 bridgehead atoms. The van der Waals surface area contributed by atoms with E-state index in [0.29, 0.717) is 0 Å². The summed E-state index contributed by atoms with van der Waals surface area (Å²) < 4.78 is 0. The second-order valence-corrected chi connectivity index (χ2v) is 1.72. The van der Waals surface area contributed by atoms with E-state index in [4.69, 9.17) is 59.4 Å². The van der Waals surface area contributed by atoms with Crippen LogP contribution in [0.25, 0.3) is 0 Å². The Morgan fingerprint density at radius 1 is 0.333 bits per heavy atom. The van der Waals surface area contributed by atoms with E-state index in [1.165, 1.54) is 0 Å². The molecule has 0 aliphatic rings. The van der Waals surface area contributed by atoms with Gasteiger partial charge < -0.3 is 59.4 Å². The van der Waals surface area contributed by atoms with Gasteiger partial charge in [0.1, 0.15) is 0 Å². The van der Waals surface area contributed by atoms with Crippen LogP contribution in [0.3, 0.4) is 0 Å². The lowest BCUT2D eigenvalue weighted by Crippen LogP contribution is -2.42. The van der Waals surface area contributed by atoms with Crippen LogP contribution < -0.4 is 30.6 Å². The molecule has 0 N–H and O–H groups in total. The fourth-order valence-corrected chi connectivity index (χ4v) is 0. The summed E-state index contributed by atoms with van der Waals surface area (Å²) >= 11 is 0. The van der Waals surface area contributed by atoms with Gasteiger partial charge in [0.15, 0.2) is 0 Å². The van der Waals surface area contributed by atoms with Crippen LogP contribution in [0.2, 0.25) is 0 Å². The minimum absolute atomic E-state index is 2.19. The number of rotatable bonds is 0. The third-order valence-electron chi connectivity index (χ3n) is 0.500. The number of carboxylic acids is 6. The zero-order valence-electron chi connectivity index (χ0n) is 7.90. The molecule has 0 aromatic rings. The summed E-state index contributed by atoms with van der Waals surface area (Å²) in [6.45, 7) is 0. The Balaban J connectivity index is -0.000000187. The van der Waals surface area contributed by atoms with Gasteiger partial charge in [-0.15, -0.1) is 0 Å².